The lowest BCUT2D eigenvalue weighted by atomic mass is 9.98. The van der Waals surface area contributed by atoms with Crippen LogP contribution in [-0.4, -0.2) is 61.1 Å². The fourth-order valence-electron chi connectivity index (χ4n) is 4.41. The summed E-state index contributed by atoms with van der Waals surface area (Å²) in [6.45, 7) is 3.34. The average molecular weight is 431 g/mol. The normalized spacial score (nSPS) is 26.5. The van der Waals surface area contributed by atoms with Crippen LogP contribution in [0.4, 0.5) is 4.39 Å². The molecule has 1 fully saturated rings. The predicted molar refractivity (Wildman–Crippen MR) is 111 cm³/mol. The van der Waals surface area contributed by atoms with Crippen LogP contribution in [0.3, 0.4) is 0 Å². The van der Waals surface area contributed by atoms with Gasteiger partial charge in [-0.05, 0) is 48.2 Å². The van der Waals surface area contributed by atoms with E-state index >= 15 is 0 Å². The van der Waals surface area contributed by atoms with Gasteiger partial charge >= 0.3 is 0 Å². The summed E-state index contributed by atoms with van der Waals surface area (Å²) >= 11 is 0. The van der Waals surface area contributed by atoms with Gasteiger partial charge in [0.15, 0.2) is 6.23 Å². The molecule has 7 nitrogen and oxygen atoms in total. The van der Waals surface area contributed by atoms with Gasteiger partial charge in [0, 0.05) is 24.1 Å². The topological polar surface area (TPSA) is 115 Å². The molecule has 2 aromatic carbocycles. The van der Waals surface area contributed by atoms with Crippen LogP contribution in [-0.2, 0) is 11.2 Å². The molecule has 1 aliphatic rings. The van der Waals surface area contributed by atoms with Gasteiger partial charge in [0.1, 0.15) is 36.0 Å². The van der Waals surface area contributed by atoms with Crippen LogP contribution in [0.15, 0.2) is 36.5 Å². The second-order valence-corrected chi connectivity index (χ2v) is 8.21. The predicted octanol–water partition coefficient (Wildman–Crippen LogP) is 1.67. The highest BCUT2D eigenvalue weighted by Gasteiger charge is 2.44. The fraction of sp³-hybridized carbons (Fsp3) is 0.391. The molecular formula is C23H26FNO6. The minimum absolute atomic E-state index is 0.156. The summed E-state index contributed by atoms with van der Waals surface area (Å²) in [6, 6.07) is 7.90. The minimum Gasteiger partial charge on any atom is -0.508 e. The van der Waals surface area contributed by atoms with Crippen molar-refractivity contribution < 1.29 is 34.7 Å². The van der Waals surface area contributed by atoms with Gasteiger partial charge in [-0.2, -0.15) is 0 Å². The zero-order chi connectivity index (χ0) is 22.4. The summed E-state index contributed by atoms with van der Waals surface area (Å²) in [5.41, 5.74) is 3.81. The van der Waals surface area contributed by atoms with Crippen molar-refractivity contribution >= 4 is 10.9 Å². The zero-order valence-corrected chi connectivity index (χ0v) is 17.2. The summed E-state index contributed by atoms with van der Waals surface area (Å²) in [6.07, 6.45) is -4.52. The SMILES string of the molecule is Cc1cc(C)c2c(Cc3ccc(O)cc3F)cn([C@@H]3O[C@H](CO)[C@@H](O)[C@H](O)[C@H]3O)c2c1. The van der Waals surface area contributed by atoms with Crippen LogP contribution in [0.2, 0.25) is 0 Å². The molecule has 0 aliphatic carbocycles. The smallest absolute Gasteiger partial charge is 0.163 e. The van der Waals surface area contributed by atoms with Crippen molar-refractivity contribution in [3.8, 4) is 5.75 Å². The third-order valence-electron chi connectivity index (χ3n) is 5.91. The number of ether oxygens (including phenoxy) is 1. The molecule has 5 atom stereocenters. The second-order valence-electron chi connectivity index (χ2n) is 8.21. The van der Waals surface area contributed by atoms with E-state index in [9.17, 15) is 29.9 Å². The Morgan fingerprint density at radius 3 is 2.42 bits per heavy atom. The first kappa shape index (κ1) is 21.7. The third kappa shape index (κ3) is 3.81. The molecule has 0 unspecified atom stereocenters. The minimum atomic E-state index is -1.50. The van der Waals surface area contributed by atoms with E-state index in [1.165, 1.54) is 12.1 Å². The molecule has 0 saturated carbocycles. The number of aromatic nitrogens is 1. The Labute approximate surface area is 178 Å². The monoisotopic (exact) mass is 431 g/mol. The number of halogens is 1. The first-order valence-corrected chi connectivity index (χ1v) is 10.1. The maximum atomic E-state index is 14.4. The lowest BCUT2D eigenvalue weighted by Crippen LogP contribution is -2.56. The van der Waals surface area contributed by atoms with Crippen LogP contribution in [0.25, 0.3) is 10.9 Å². The summed E-state index contributed by atoms with van der Waals surface area (Å²) in [4.78, 5) is 0. The number of phenolic OH excluding ortho intramolecular Hbond substituents is 1. The third-order valence-corrected chi connectivity index (χ3v) is 5.91. The van der Waals surface area contributed by atoms with Gasteiger partial charge in [-0.1, -0.05) is 12.1 Å². The van der Waals surface area contributed by atoms with Crippen LogP contribution < -0.4 is 0 Å². The van der Waals surface area contributed by atoms with Crippen molar-refractivity contribution in [2.24, 2.45) is 0 Å². The van der Waals surface area contributed by atoms with Crippen molar-refractivity contribution in [3.63, 3.8) is 0 Å². The molecule has 3 aromatic rings. The van der Waals surface area contributed by atoms with E-state index in [0.29, 0.717) is 5.56 Å². The summed E-state index contributed by atoms with van der Waals surface area (Å²) in [5, 5.41) is 50.9. The van der Waals surface area contributed by atoms with Gasteiger partial charge in [-0.25, -0.2) is 4.39 Å². The van der Waals surface area contributed by atoms with Crippen molar-refractivity contribution in [1.82, 2.24) is 4.57 Å². The van der Waals surface area contributed by atoms with Gasteiger partial charge in [-0.3, -0.25) is 0 Å². The number of aliphatic hydroxyl groups excluding tert-OH is 4. The first-order valence-electron chi connectivity index (χ1n) is 10.1. The van der Waals surface area contributed by atoms with E-state index < -0.39 is 43.1 Å². The molecule has 166 valence electrons. The molecular weight excluding hydrogens is 405 g/mol. The molecule has 5 N–H and O–H groups in total. The molecule has 1 aromatic heterocycles. The number of fused-ring (bicyclic) bond motifs is 1. The zero-order valence-electron chi connectivity index (χ0n) is 17.2. The number of phenols is 1. The number of nitrogens with zero attached hydrogens (tertiary/aromatic N) is 1. The summed E-state index contributed by atoms with van der Waals surface area (Å²) in [7, 11) is 0. The van der Waals surface area contributed by atoms with E-state index in [1.54, 1.807) is 10.8 Å². The van der Waals surface area contributed by atoms with Crippen molar-refractivity contribution in [2.75, 3.05) is 6.61 Å². The molecule has 1 saturated heterocycles. The van der Waals surface area contributed by atoms with Crippen molar-refractivity contribution in [2.45, 2.75) is 50.9 Å². The molecule has 8 heteroatoms. The van der Waals surface area contributed by atoms with E-state index in [4.69, 9.17) is 4.74 Å². The second kappa shape index (κ2) is 8.22. The highest BCUT2D eigenvalue weighted by atomic mass is 19.1. The number of aromatic hydroxyl groups is 1. The Balaban J connectivity index is 1.84. The molecule has 0 bridgehead atoms. The molecule has 31 heavy (non-hydrogen) atoms. The van der Waals surface area contributed by atoms with Crippen LogP contribution in [0.1, 0.15) is 28.5 Å². The Bertz CT molecular complexity index is 1110. The number of rotatable bonds is 4. The number of benzene rings is 2. The van der Waals surface area contributed by atoms with E-state index in [-0.39, 0.29) is 12.2 Å². The summed E-state index contributed by atoms with van der Waals surface area (Å²) in [5.74, 6) is -0.685. The summed E-state index contributed by atoms with van der Waals surface area (Å²) < 4.78 is 21.8. The largest absolute Gasteiger partial charge is 0.508 e. The van der Waals surface area contributed by atoms with Gasteiger partial charge in [0.05, 0.1) is 12.1 Å². The fourth-order valence-corrected chi connectivity index (χ4v) is 4.41. The molecule has 4 rings (SSSR count). The highest BCUT2D eigenvalue weighted by Crippen LogP contribution is 2.36. The Morgan fingerprint density at radius 2 is 1.74 bits per heavy atom. The first-order chi connectivity index (χ1) is 14.7. The van der Waals surface area contributed by atoms with Crippen molar-refractivity contribution in [1.29, 1.82) is 0 Å². The molecule has 0 spiro atoms. The standard InChI is InChI=1S/C23H26FNO6/c1-11-5-12(2)19-14(7-13-3-4-15(27)8-16(13)24)9-25(17(19)6-11)23-22(30)21(29)20(28)18(10-26)31-23/h3-6,8-9,18,20-23,26-30H,7,10H2,1-2H3/t18-,20-,21+,22-,23-/m1/s1. The van der Waals surface area contributed by atoms with E-state index in [2.05, 4.69) is 0 Å². The lowest BCUT2D eigenvalue weighted by Gasteiger charge is -2.40. The molecule has 0 radical (unpaired) electrons. The maximum Gasteiger partial charge on any atom is 0.163 e. The van der Waals surface area contributed by atoms with E-state index in [1.807, 2.05) is 26.0 Å². The van der Waals surface area contributed by atoms with Gasteiger partial charge < -0.3 is 34.8 Å². The lowest BCUT2D eigenvalue weighted by molar-refractivity contribution is -0.250. The maximum absolute atomic E-state index is 14.4. The quantitative estimate of drug-likeness (QED) is 0.429. The van der Waals surface area contributed by atoms with Crippen LogP contribution >= 0.6 is 0 Å². The molecule has 2 heterocycles. The Hall–Kier alpha value is -2.49. The molecule has 0 amide bonds. The van der Waals surface area contributed by atoms with Gasteiger partial charge in [0.25, 0.3) is 0 Å². The Morgan fingerprint density at radius 1 is 1.00 bits per heavy atom. The number of hydrogen-bond donors (Lipinski definition) is 5. The van der Waals surface area contributed by atoms with Crippen molar-refractivity contribution in [3.05, 3.63) is 64.6 Å². The number of aliphatic hydroxyl groups is 4. The number of hydrogen-bond acceptors (Lipinski definition) is 6. The highest BCUT2D eigenvalue weighted by molar-refractivity contribution is 5.88. The average Bonchev–Trinajstić information content (AvgIpc) is 3.07. The van der Waals surface area contributed by atoms with E-state index in [0.717, 1.165) is 33.7 Å². The van der Waals surface area contributed by atoms with Crippen LogP contribution in [0, 0.1) is 19.7 Å². The van der Waals surface area contributed by atoms with Crippen LogP contribution in [0.5, 0.6) is 5.75 Å². The molecule has 1 aliphatic heterocycles. The number of aryl methyl sites for hydroxylation is 2. The Kier molecular flexibility index (Phi) is 5.76. The van der Waals surface area contributed by atoms with Gasteiger partial charge in [0.2, 0.25) is 0 Å². The van der Waals surface area contributed by atoms with Gasteiger partial charge in [-0.15, -0.1) is 0 Å².